The van der Waals surface area contributed by atoms with Crippen molar-refractivity contribution < 1.29 is 14.3 Å². The summed E-state index contributed by atoms with van der Waals surface area (Å²) in [4.78, 5) is 23.8. The fourth-order valence-electron chi connectivity index (χ4n) is 2.03. The zero-order valence-electron chi connectivity index (χ0n) is 13.1. The molecule has 0 heterocycles. The van der Waals surface area contributed by atoms with Crippen LogP contribution in [0.2, 0.25) is 5.02 Å². The monoisotopic (exact) mass is 331 g/mol. The maximum absolute atomic E-state index is 12.0. The fourth-order valence-corrected chi connectivity index (χ4v) is 2.19. The molecule has 0 saturated heterocycles. The molecule has 0 aliphatic rings. The van der Waals surface area contributed by atoms with Crippen LogP contribution in [0.4, 0.5) is 0 Å². The van der Waals surface area contributed by atoms with Crippen molar-refractivity contribution >= 4 is 23.5 Å². The molecule has 0 saturated carbocycles. The van der Waals surface area contributed by atoms with Crippen molar-refractivity contribution in [1.82, 2.24) is 5.32 Å². The van der Waals surface area contributed by atoms with Gasteiger partial charge in [0.2, 0.25) is 0 Å². The molecule has 0 aromatic heterocycles. The SMILES string of the molecule is Cc1cccc(C(=O)NCCC(=O)Oc2cc(C)ccc2Cl)c1. The van der Waals surface area contributed by atoms with Gasteiger partial charge in [0, 0.05) is 12.1 Å². The fraction of sp³-hybridized carbons (Fsp3) is 0.222. The Labute approximate surface area is 140 Å². The van der Waals surface area contributed by atoms with Gasteiger partial charge in [-0.2, -0.15) is 0 Å². The summed E-state index contributed by atoms with van der Waals surface area (Å²) >= 11 is 5.97. The van der Waals surface area contributed by atoms with E-state index in [-0.39, 0.29) is 18.9 Å². The first-order valence-electron chi connectivity index (χ1n) is 7.27. The molecule has 23 heavy (non-hydrogen) atoms. The molecule has 2 rings (SSSR count). The minimum atomic E-state index is -0.443. The predicted octanol–water partition coefficient (Wildman–Crippen LogP) is 3.68. The standard InChI is InChI=1S/C18H18ClNO3/c1-12-4-3-5-14(10-12)18(22)20-9-8-17(21)23-16-11-13(2)6-7-15(16)19/h3-7,10-11H,8-9H2,1-2H3,(H,20,22). The molecule has 120 valence electrons. The number of esters is 1. The van der Waals surface area contributed by atoms with Crippen LogP contribution in [0.15, 0.2) is 42.5 Å². The van der Waals surface area contributed by atoms with Crippen LogP contribution in [0.1, 0.15) is 27.9 Å². The normalized spacial score (nSPS) is 10.2. The molecule has 0 aliphatic carbocycles. The van der Waals surface area contributed by atoms with E-state index in [9.17, 15) is 9.59 Å². The number of ether oxygens (including phenoxy) is 1. The van der Waals surface area contributed by atoms with E-state index in [1.54, 1.807) is 24.3 Å². The van der Waals surface area contributed by atoms with E-state index in [0.717, 1.165) is 11.1 Å². The van der Waals surface area contributed by atoms with Gasteiger partial charge in [-0.1, -0.05) is 35.4 Å². The van der Waals surface area contributed by atoms with Crippen molar-refractivity contribution in [2.24, 2.45) is 0 Å². The Morgan fingerprint density at radius 2 is 1.83 bits per heavy atom. The molecule has 2 aromatic rings. The Balaban J connectivity index is 1.83. The van der Waals surface area contributed by atoms with E-state index in [1.165, 1.54) is 0 Å². The van der Waals surface area contributed by atoms with Gasteiger partial charge in [0.05, 0.1) is 11.4 Å². The summed E-state index contributed by atoms with van der Waals surface area (Å²) in [7, 11) is 0. The number of benzene rings is 2. The van der Waals surface area contributed by atoms with Crippen LogP contribution in [0.5, 0.6) is 5.75 Å². The molecular weight excluding hydrogens is 314 g/mol. The van der Waals surface area contributed by atoms with Crippen LogP contribution in [-0.2, 0) is 4.79 Å². The largest absolute Gasteiger partial charge is 0.425 e. The molecule has 1 N–H and O–H groups in total. The van der Waals surface area contributed by atoms with E-state index in [1.807, 2.05) is 32.0 Å². The van der Waals surface area contributed by atoms with Crippen LogP contribution in [0.3, 0.4) is 0 Å². The molecule has 2 aromatic carbocycles. The molecule has 1 amide bonds. The first kappa shape index (κ1) is 17.0. The van der Waals surface area contributed by atoms with Gasteiger partial charge in [-0.3, -0.25) is 9.59 Å². The van der Waals surface area contributed by atoms with Crippen molar-refractivity contribution in [3.63, 3.8) is 0 Å². The number of hydrogen-bond acceptors (Lipinski definition) is 3. The number of rotatable bonds is 5. The average Bonchev–Trinajstić information content (AvgIpc) is 2.51. The number of aryl methyl sites for hydroxylation is 2. The number of amides is 1. The summed E-state index contributed by atoms with van der Waals surface area (Å²) in [5.41, 5.74) is 2.52. The van der Waals surface area contributed by atoms with Crippen LogP contribution in [-0.4, -0.2) is 18.4 Å². The van der Waals surface area contributed by atoms with Crippen molar-refractivity contribution in [3.8, 4) is 5.75 Å². The summed E-state index contributed by atoms with van der Waals surface area (Å²) in [5, 5.41) is 3.08. The van der Waals surface area contributed by atoms with Gasteiger partial charge in [-0.25, -0.2) is 0 Å². The van der Waals surface area contributed by atoms with E-state index in [0.29, 0.717) is 16.3 Å². The van der Waals surface area contributed by atoms with E-state index >= 15 is 0 Å². The summed E-state index contributed by atoms with van der Waals surface area (Å²) < 4.78 is 5.21. The van der Waals surface area contributed by atoms with Crippen LogP contribution < -0.4 is 10.1 Å². The smallest absolute Gasteiger partial charge is 0.313 e. The minimum Gasteiger partial charge on any atom is -0.425 e. The lowest BCUT2D eigenvalue weighted by atomic mass is 10.1. The van der Waals surface area contributed by atoms with Gasteiger partial charge in [0.15, 0.2) is 0 Å². The summed E-state index contributed by atoms with van der Waals surface area (Å²) in [5.74, 6) is -0.321. The van der Waals surface area contributed by atoms with Crippen molar-refractivity contribution in [2.75, 3.05) is 6.54 Å². The topological polar surface area (TPSA) is 55.4 Å². The highest BCUT2D eigenvalue weighted by molar-refractivity contribution is 6.32. The lowest BCUT2D eigenvalue weighted by Crippen LogP contribution is -2.27. The third-order valence-electron chi connectivity index (χ3n) is 3.21. The summed E-state index contributed by atoms with van der Waals surface area (Å²) in [6, 6.07) is 12.5. The van der Waals surface area contributed by atoms with Gasteiger partial charge in [-0.15, -0.1) is 0 Å². The lowest BCUT2D eigenvalue weighted by Gasteiger charge is -2.08. The van der Waals surface area contributed by atoms with E-state index < -0.39 is 5.97 Å². The molecular formula is C18H18ClNO3. The molecule has 0 spiro atoms. The van der Waals surface area contributed by atoms with E-state index in [2.05, 4.69) is 5.32 Å². The molecule has 0 atom stereocenters. The van der Waals surface area contributed by atoms with Crippen LogP contribution >= 0.6 is 11.6 Å². The third-order valence-corrected chi connectivity index (χ3v) is 3.52. The zero-order valence-corrected chi connectivity index (χ0v) is 13.8. The third kappa shape index (κ3) is 5.11. The van der Waals surface area contributed by atoms with Gasteiger partial charge in [0.1, 0.15) is 5.75 Å². The Morgan fingerprint density at radius 1 is 1.09 bits per heavy atom. The second kappa shape index (κ2) is 7.79. The van der Waals surface area contributed by atoms with E-state index in [4.69, 9.17) is 16.3 Å². The second-order valence-electron chi connectivity index (χ2n) is 5.28. The highest BCUT2D eigenvalue weighted by Crippen LogP contribution is 2.25. The number of halogens is 1. The first-order chi connectivity index (χ1) is 11.0. The maximum Gasteiger partial charge on any atom is 0.313 e. The van der Waals surface area contributed by atoms with Crippen molar-refractivity contribution in [1.29, 1.82) is 0 Å². The molecule has 0 radical (unpaired) electrons. The summed E-state index contributed by atoms with van der Waals surface area (Å²) in [6.07, 6.45) is 0.0713. The first-order valence-corrected chi connectivity index (χ1v) is 7.65. The number of carbonyl (C=O) groups excluding carboxylic acids is 2. The van der Waals surface area contributed by atoms with Crippen LogP contribution in [0, 0.1) is 13.8 Å². The maximum atomic E-state index is 12.0. The predicted molar refractivity (Wildman–Crippen MR) is 90.0 cm³/mol. The van der Waals surface area contributed by atoms with Gasteiger partial charge in [-0.05, 0) is 43.7 Å². The minimum absolute atomic E-state index is 0.0713. The Morgan fingerprint density at radius 3 is 2.57 bits per heavy atom. The highest BCUT2D eigenvalue weighted by atomic mass is 35.5. The molecule has 0 aliphatic heterocycles. The number of hydrogen-bond donors (Lipinski definition) is 1. The molecule has 5 heteroatoms. The Hall–Kier alpha value is -2.33. The van der Waals surface area contributed by atoms with Crippen molar-refractivity contribution in [3.05, 3.63) is 64.2 Å². The van der Waals surface area contributed by atoms with Crippen molar-refractivity contribution in [2.45, 2.75) is 20.3 Å². The average molecular weight is 332 g/mol. The second-order valence-corrected chi connectivity index (χ2v) is 5.69. The zero-order chi connectivity index (χ0) is 16.8. The number of carbonyl (C=O) groups is 2. The highest BCUT2D eigenvalue weighted by Gasteiger charge is 2.10. The lowest BCUT2D eigenvalue weighted by molar-refractivity contribution is -0.134. The quantitative estimate of drug-likeness (QED) is 0.671. The van der Waals surface area contributed by atoms with Gasteiger partial charge < -0.3 is 10.1 Å². The number of nitrogens with one attached hydrogen (secondary N) is 1. The van der Waals surface area contributed by atoms with Gasteiger partial charge in [0.25, 0.3) is 5.91 Å². The molecule has 0 fully saturated rings. The molecule has 4 nitrogen and oxygen atoms in total. The molecule has 0 bridgehead atoms. The summed E-state index contributed by atoms with van der Waals surface area (Å²) in [6.45, 7) is 4.00. The Kier molecular flexibility index (Phi) is 5.77. The van der Waals surface area contributed by atoms with Gasteiger partial charge >= 0.3 is 5.97 Å². The Bertz CT molecular complexity index is 728. The molecule has 0 unspecified atom stereocenters. The van der Waals surface area contributed by atoms with Crippen LogP contribution in [0.25, 0.3) is 0 Å².